The van der Waals surface area contributed by atoms with Gasteiger partial charge in [-0.15, -0.1) is 11.8 Å². The van der Waals surface area contributed by atoms with Gasteiger partial charge in [-0.25, -0.2) is 4.90 Å². The van der Waals surface area contributed by atoms with Crippen LogP contribution in [0.5, 0.6) is 5.75 Å². The number of anilines is 2. The summed E-state index contributed by atoms with van der Waals surface area (Å²) in [6.07, 6.45) is 1.44. The van der Waals surface area contributed by atoms with Crippen LogP contribution in [0, 0.1) is 10.1 Å². The van der Waals surface area contributed by atoms with Gasteiger partial charge in [0.2, 0.25) is 11.8 Å². The van der Waals surface area contributed by atoms with Crippen molar-refractivity contribution in [2.75, 3.05) is 17.3 Å². The fourth-order valence-corrected chi connectivity index (χ4v) is 6.11. The number of nitrogens with zero attached hydrogens (tertiary/aromatic N) is 2. The van der Waals surface area contributed by atoms with Gasteiger partial charge in [0.1, 0.15) is 11.4 Å². The first-order chi connectivity index (χ1) is 22.1. The maximum absolute atomic E-state index is 13.6. The quantitative estimate of drug-likeness (QED) is 0.0860. The SMILES string of the molecule is COc1ccc(Br)cc1C=C(NC(=O)c1ccccc1)C(=O)Nc1cccc(SC2CC(=O)N(c3ccc([N+](=O)[O-])cc3)C2=O)c1. The Morgan fingerprint density at radius 2 is 1.74 bits per heavy atom. The molecule has 1 aliphatic heterocycles. The lowest BCUT2D eigenvalue weighted by Crippen LogP contribution is -2.31. The van der Waals surface area contributed by atoms with Crippen molar-refractivity contribution >= 4 is 74.5 Å². The number of non-ortho nitro benzene ring substituents is 1. The van der Waals surface area contributed by atoms with E-state index in [1.807, 2.05) is 0 Å². The zero-order valence-corrected chi connectivity index (χ0v) is 26.5. The number of thioether (sulfide) groups is 1. The minimum Gasteiger partial charge on any atom is -0.496 e. The maximum Gasteiger partial charge on any atom is 0.272 e. The van der Waals surface area contributed by atoms with Crippen LogP contribution in [0.25, 0.3) is 6.08 Å². The van der Waals surface area contributed by atoms with E-state index in [9.17, 15) is 29.3 Å². The molecule has 5 rings (SSSR count). The van der Waals surface area contributed by atoms with E-state index < -0.39 is 33.8 Å². The Morgan fingerprint density at radius 3 is 2.43 bits per heavy atom. The van der Waals surface area contributed by atoms with E-state index >= 15 is 0 Å². The number of rotatable bonds is 10. The number of benzene rings is 4. The molecule has 4 aromatic rings. The Kier molecular flexibility index (Phi) is 9.94. The van der Waals surface area contributed by atoms with E-state index in [-0.39, 0.29) is 23.5 Å². The minimum absolute atomic E-state index is 0.0429. The van der Waals surface area contributed by atoms with Gasteiger partial charge in [-0.3, -0.25) is 29.3 Å². The smallest absolute Gasteiger partial charge is 0.272 e. The lowest BCUT2D eigenvalue weighted by Gasteiger charge is -2.15. The summed E-state index contributed by atoms with van der Waals surface area (Å²) in [7, 11) is 1.50. The molecule has 11 nitrogen and oxygen atoms in total. The van der Waals surface area contributed by atoms with Crippen LogP contribution in [-0.2, 0) is 14.4 Å². The molecule has 2 N–H and O–H groups in total. The van der Waals surface area contributed by atoms with Gasteiger partial charge in [0.15, 0.2) is 0 Å². The second kappa shape index (κ2) is 14.2. The molecular weight excluding hydrogens is 676 g/mol. The summed E-state index contributed by atoms with van der Waals surface area (Å²) in [5.41, 5.74) is 1.35. The molecule has 0 radical (unpaired) electrons. The molecule has 0 aromatic heterocycles. The Bertz CT molecular complexity index is 1870. The van der Waals surface area contributed by atoms with Gasteiger partial charge in [0.05, 0.1) is 23.0 Å². The number of amides is 4. The van der Waals surface area contributed by atoms with Gasteiger partial charge in [-0.2, -0.15) is 0 Å². The second-order valence-corrected chi connectivity index (χ2v) is 12.1. The molecule has 1 unspecified atom stereocenters. The number of imide groups is 1. The average molecular weight is 702 g/mol. The van der Waals surface area contributed by atoms with Crippen LogP contribution in [0.2, 0.25) is 0 Å². The van der Waals surface area contributed by atoms with Crippen molar-refractivity contribution in [2.45, 2.75) is 16.6 Å². The summed E-state index contributed by atoms with van der Waals surface area (Å²) in [4.78, 5) is 64.6. The molecule has 0 spiro atoms. The van der Waals surface area contributed by atoms with Crippen molar-refractivity contribution in [1.29, 1.82) is 0 Å². The van der Waals surface area contributed by atoms with E-state index in [1.165, 1.54) is 37.5 Å². The molecule has 0 aliphatic carbocycles. The molecule has 1 heterocycles. The fourth-order valence-electron chi connectivity index (χ4n) is 4.62. The molecule has 4 amide bonds. The number of nitro benzene ring substituents is 1. The first kappa shape index (κ1) is 32.1. The van der Waals surface area contributed by atoms with Gasteiger partial charge in [0.25, 0.3) is 17.5 Å². The molecule has 1 fully saturated rings. The molecule has 13 heteroatoms. The van der Waals surface area contributed by atoms with Crippen molar-refractivity contribution < 1.29 is 28.8 Å². The monoisotopic (exact) mass is 700 g/mol. The highest BCUT2D eigenvalue weighted by Crippen LogP contribution is 2.35. The fraction of sp³-hybridized carbons (Fsp3) is 0.0909. The van der Waals surface area contributed by atoms with Crippen molar-refractivity contribution in [3.05, 3.63) is 128 Å². The van der Waals surface area contributed by atoms with Crippen molar-refractivity contribution in [3.8, 4) is 5.75 Å². The third kappa shape index (κ3) is 7.50. The lowest BCUT2D eigenvalue weighted by molar-refractivity contribution is -0.384. The number of nitrogens with one attached hydrogen (secondary N) is 2. The third-order valence-electron chi connectivity index (χ3n) is 6.81. The number of hydrogen-bond acceptors (Lipinski definition) is 8. The van der Waals surface area contributed by atoms with E-state index in [2.05, 4.69) is 26.6 Å². The van der Waals surface area contributed by atoms with Crippen molar-refractivity contribution in [1.82, 2.24) is 5.32 Å². The standard InChI is InChI=1S/C33H25BrN4O7S/c1-45-28-15-10-22(34)16-21(28)17-27(36-31(40)20-6-3-2-4-7-20)32(41)35-23-8-5-9-26(18-23)46-29-19-30(39)37(33(29)42)24-11-13-25(14-12-24)38(43)44/h2-18,29H,19H2,1H3,(H,35,41)(H,36,40). The van der Waals surface area contributed by atoms with E-state index in [0.29, 0.717) is 27.5 Å². The van der Waals surface area contributed by atoms with E-state index in [4.69, 9.17) is 4.74 Å². The highest BCUT2D eigenvalue weighted by Gasteiger charge is 2.40. The molecule has 4 aromatic carbocycles. The predicted octanol–water partition coefficient (Wildman–Crippen LogP) is 6.20. The number of nitro groups is 1. The van der Waals surface area contributed by atoms with E-state index in [0.717, 1.165) is 21.1 Å². The molecule has 1 aliphatic rings. The number of carbonyl (C=O) groups is 4. The minimum atomic E-state index is -0.738. The molecule has 0 bridgehead atoms. The Balaban J connectivity index is 1.35. The van der Waals surface area contributed by atoms with Crippen LogP contribution in [0.3, 0.4) is 0 Å². The maximum atomic E-state index is 13.6. The van der Waals surface area contributed by atoms with Crippen molar-refractivity contribution in [2.24, 2.45) is 0 Å². The van der Waals surface area contributed by atoms with Crippen molar-refractivity contribution in [3.63, 3.8) is 0 Å². The predicted molar refractivity (Wildman–Crippen MR) is 178 cm³/mol. The number of methoxy groups -OCH3 is 1. The van der Waals surface area contributed by atoms with Crippen LogP contribution in [0.15, 0.2) is 112 Å². The van der Waals surface area contributed by atoms with Crippen LogP contribution in [0.1, 0.15) is 22.3 Å². The number of ether oxygens (including phenoxy) is 1. The van der Waals surface area contributed by atoms with Gasteiger partial charge in [0, 0.05) is 44.7 Å². The summed E-state index contributed by atoms with van der Waals surface area (Å²) < 4.78 is 6.18. The number of halogens is 1. The molecule has 46 heavy (non-hydrogen) atoms. The topological polar surface area (TPSA) is 148 Å². The van der Waals surface area contributed by atoms with Crippen LogP contribution < -0.4 is 20.3 Å². The lowest BCUT2D eigenvalue weighted by atomic mass is 10.1. The zero-order chi connectivity index (χ0) is 32.8. The zero-order valence-electron chi connectivity index (χ0n) is 24.1. The van der Waals surface area contributed by atoms with Crippen LogP contribution in [-0.4, -0.2) is 40.9 Å². The summed E-state index contributed by atoms with van der Waals surface area (Å²) >= 11 is 4.58. The third-order valence-corrected chi connectivity index (χ3v) is 8.49. The highest BCUT2D eigenvalue weighted by atomic mass is 79.9. The van der Waals surface area contributed by atoms with E-state index in [1.54, 1.807) is 72.8 Å². The molecule has 232 valence electrons. The Morgan fingerprint density at radius 1 is 1.00 bits per heavy atom. The summed E-state index contributed by atoms with van der Waals surface area (Å²) in [5.74, 6) is -1.48. The van der Waals surface area contributed by atoms with Gasteiger partial charge in [-0.1, -0.05) is 40.2 Å². The van der Waals surface area contributed by atoms with Gasteiger partial charge < -0.3 is 15.4 Å². The normalized spacial score (nSPS) is 14.6. The van der Waals surface area contributed by atoms with Crippen LogP contribution in [0.4, 0.5) is 17.1 Å². The molecule has 1 atom stereocenters. The van der Waals surface area contributed by atoms with Gasteiger partial charge in [-0.05, 0) is 66.7 Å². The molecular formula is C33H25BrN4O7S. The summed E-state index contributed by atoms with van der Waals surface area (Å²) in [5, 5.41) is 15.7. The second-order valence-electron chi connectivity index (χ2n) is 9.90. The summed E-state index contributed by atoms with van der Waals surface area (Å²) in [6, 6.07) is 25.7. The first-order valence-electron chi connectivity index (χ1n) is 13.7. The summed E-state index contributed by atoms with van der Waals surface area (Å²) in [6.45, 7) is 0. The van der Waals surface area contributed by atoms with Crippen LogP contribution >= 0.6 is 27.7 Å². The molecule has 1 saturated heterocycles. The largest absolute Gasteiger partial charge is 0.496 e. The Labute approximate surface area is 275 Å². The highest BCUT2D eigenvalue weighted by molar-refractivity contribution is 9.10. The number of hydrogen-bond donors (Lipinski definition) is 2. The Hall–Kier alpha value is -5.27. The molecule has 0 saturated carbocycles. The first-order valence-corrected chi connectivity index (χ1v) is 15.4. The average Bonchev–Trinajstić information content (AvgIpc) is 3.32. The number of carbonyl (C=O) groups excluding carboxylic acids is 4. The van der Waals surface area contributed by atoms with Gasteiger partial charge >= 0.3 is 0 Å².